The maximum Gasteiger partial charge on any atom is 0.0937 e. The van der Waals surface area contributed by atoms with Gasteiger partial charge in [0.2, 0.25) is 0 Å². The smallest absolute Gasteiger partial charge is 0.0937 e. The van der Waals surface area contributed by atoms with Crippen LogP contribution in [0.4, 0.5) is 5.69 Å². The minimum absolute atomic E-state index is 0.714. The molecule has 0 aliphatic heterocycles. The van der Waals surface area contributed by atoms with Gasteiger partial charge in [0, 0.05) is 16.1 Å². The molecule has 0 bridgehead atoms. The Morgan fingerprint density at radius 3 is 2.50 bits per heavy atom. The number of para-hydroxylation sites is 1. The average molecular weight is 299 g/mol. The minimum Gasteiger partial charge on any atom is -0.397 e. The Morgan fingerprint density at radius 1 is 0.944 bits per heavy atom. The van der Waals surface area contributed by atoms with Gasteiger partial charge >= 0.3 is 0 Å². The number of nitrogens with zero attached hydrogens (tertiary/aromatic N) is 1. The predicted molar refractivity (Wildman–Crippen MR) is 79.3 cm³/mol. The lowest BCUT2D eigenvalue weighted by Crippen LogP contribution is -1.90. The first kappa shape index (κ1) is 11.2. The number of nitrogens with two attached hydrogens (primary N) is 1. The summed E-state index contributed by atoms with van der Waals surface area (Å²) in [5, 5.41) is 1.08. The first-order chi connectivity index (χ1) is 8.75. The van der Waals surface area contributed by atoms with E-state index in [9.17, 15) is 0 Å². The second kappa shape index (κ2) is 4.42. The summed E-state index contributed by atoms with van der Waals surface area (Å²) in [5.74, 6) is 0. The molecule has 0 saturated carbocycles. The molecule has 0 fully saturated rings. The second-order valence-corrected chi connectivity index (χ2v) is 5.02. The highest BCUT2D eigenvalue weighted by Crippen LogP contribution is 2.30. The number of hydrogen-bond donors (Lipinski definition) is 1. The van der Waals surface area contributed by atoms with Crippen molar-refractivity contribution >= 4 is 32.5 Å². The zero-order chi connectivity index (χ0) is 12.5. The Bertz CT molecular complexity index is 705. The highest BCUT2D eigenvalue weighted by molar-refractivity contribution is 9.10. The molecule has 0 unspecified atom stereocenters. The highest BCUT2D eigenvalue weighted by Gasteiger charge is 2.06. The van der Waals surface area contributed by atoms with Crippen LogP contribution in [0.15, 0.2) is 59.2 Å². The van der Waals surface area contributed by atoms with Crippen molar-refractivity contribution in [3.05, 3.63) is 59.2 Å². The summed E-state index contributed by atoms with van der Waals surface area (Å²) < 4.78 is 1.07. The van der Waals surface area contributed by atoms with E-state index in [2.05, 4.69) is 39.1 Å². The maximum atomic E-state index is 5.96. The van der Waals surface area contributed by atoms with Crippen molar-refractivity contribution < 1.29 is 0 Å². The number of halogens is 1. The predicted octanol–water partition coefficient (Wildman–Crippen LogP) is 4.25. The number of benzene rings is 2. The van der Waals surface area contributed by atoms with E-state index >= 15 is 0 Å². The molecule has 0 saturated heterocycles. The van der Waals surface area contributed by atoms with Gasteiger partial charge in [-0.05, 0) is 35.4 Å². The number of fused-ring (bicyclic) bond motifs is 1. The van der Waals surface area contributed by atoms with Gasteiger partial charge < -0.3 is 5.73 Å². The molecule has 3 rings (SSSR count). The van der Waals surface area contributed by atoms with Crippen LogP contribution in [0.5, 0.6) is 0 Å². The van der Waals surface area contributed by atoms with Crippen LogP contribution in [0.25, 0.3) is 22.0 Å². The van der Waals surface area contributed by atoms with Gasteiger partial charge in [-0.2, -0.15) is 0 Å². The molecular formula is C15H11BrN2. The summed E-state index contributed by atoms with van der Waals surface area (Å²) in [6.45, 7) is 0. The lowest BCUT2D eigenvalue weighted by atomic mass is 10.0. The van der Waals surface area contributed by atoms with E-state index in [-0.39, 0.29) is 0 Å². The summed E-state index contributed by atoms with van der Waals surface area (Å²) in [6.07, 6.45) is 1.80. The van der Waals surface area contributed by atoms with E-state index in [0.29, 0.717) is 5.69 Å². The molecule has 1 heterocycles. The van der Waals surface area contributed by atoms with Crippen molar-refractivity contribution in [3.63, 3.8) is 0 Å². The van der Waals surface area contributed by atoms with Gasteiger partial charge in [0.15, 0.2) is 0 Å². The van der Waals surface area contributed by atoms with Crippen molar-refractivity contribution in [2.75, 3.05) is 5.73 Å². The molecule has 18 heavy (non-hydrogen) atoms. The first-order valence-electron chi connectivity index (χ1n) is 5.65. The molecule has 0 aliphatic rings. The summed E-state index contributed by atoms with van der Waals surface area (Å²) in [6, 6.07) is 16.1. The van der Waals surface area contributed by atoms with E-state index in [1.165, 1.54) is 0 Å². The van der Waals surface area contributed by atoms with E-state index in [1.807, 2.05) is 30.3 Å². The Kier molecular flexibility index (Phi) is 2.76. The van der Waals surface area contributed by atoms with Crippen LogP contribution in [0.3, 0.4) is 0 Å². The molecule has 0 spiro atoms. The monoisotopic (exact) mass is 298 g/mol. The quantitative estimate of drug-likeness (QED) is 0.682. The summed E-state index contributed by atoms with van der Waals surface area (Å²) in [7, 11) is 0. The van der Waals surface area contributed by atoms with Gasteiger partial charge in [0.05, 0.1) is 11.2 Å². The second-order valence-electron chi connectivity index (χ2n) is 4.11. The SMILES string of the molecule is Nc1cccc2c(-c3ccc(Br)cc3)ccnc12. The lowest BCUT2D eigenvalue weighted by Gasteiger charge is -2.07. The van der Waals surface area contributed by atoms with Crippen LogP contribution in [-0.4, -0.2) is 4.98 Å². The van der Waals surface area contributed by atoms with Gasteiger partial charge in [-0.3, -0.25) is 4.98 Å². The van der Waals surface area contributed by atoms with E-state index in [4.69, 9.17) is 5.73 Å². The largest absolute Gasteiger partial charge is 0.397 e. The summed E-state index contributed by atoms with van der Waals surface area (Å²) >= 11 is 3.45. The van der Waals surface area contributed by atoms with Crippen molar-refractivity contribution in [3.8, 4) is 11.1 Å². The number of rotatable bonds is 1. The van der Waals surface area contributed by atoms with Crippen molar-refractivity contribution in [1.82, 2.24) is 4.98 Å². The topological polar surface area (TPSA) is 38.9 Å². The Morgan fingerprint density at radius 2 is 1.72 bits per heavy atom. The summed E-state index contributed by atoms with van der Waals surface area (Å²) in [5.41, 5.74) is 9.85. The third-order valence-electron chi connectivity index (χ3n) is 2.96. The van der Waals surface area contributed by atoms with Gasteiger partial charge in [-0.25, -0.2) is 0 Å². The molecule has 2 N–H and O–H groups in total. The molecule has 3 aromatic rings. The van der Waals surface area contributed by atoms with E-state index in [0.717, 1.165) is 26.5 Å². The lowest BCUT2D eigenvalue weighted by molar-refractivity contribution is 1.41. The molecule has 88 valence electrons. The molecule has 0 radical (unpaired) electrons. The zero-order valence-electron chi connectivity index (χ0n) is 9.60. The molecule has 0 amide bonds. The van der Waals surface area contributed by atoms with Gasteiger partial charge in [0.1, 0.15) is 0 Å². The summed E-state index contributed by atoms with van der Waals surface area (Å²) in [4.78, 5) is 4.35. The Balaban J connectivity index is 2.29. The highest BCUT2D eigenvalue weighted by atomic mass is 79.9. The number of nitrogen functional groups attached to an aromatic ring is 1. The third kappa shape index (κ3) is 1.87. The molecule has 3 heteroatoms. The molecular weight excluding hydrogens is 288 g/mol. The van der Waals surface area contributed by atoms with Crippen LogP contribution < -0.4 is 5.73 Å². The van der Waals surface area contributed by atoms with Crippen LogP contribution in [-0.2, 0) is 0 Å². The molecule has 0 aliphatic carbocycles. The van der Waals surface area contributed by atoms with E-state index < -0.39 is 0 Å². The minimum atomic E-state index is 0.714. The molecule has 1 aromatic heterocycles. The number of aromatic nitrogens is 1. The van der Waals surface area contributed by atoms with E-state index in [1.54, 1.807) is 6.20 Å². The van der Waals surface area contributed by atoms with Crippen LogP contribution in [0.2, 0.25) is 0 Å². The Hall–Kier alpha value is -1.87. The van der Waals surface area contributed by atoms with Crippen molar-refractivity contribution in [2.45, 2.75) is 0 Å². The van der Waals surface area contributed by atoms with Gasteiger partial charge in [0.25, 0.3) is 0 Å². The third-order valence-corrected chi connectivity index (χ3v) is 3.49. The van der Waals surface area contributed by atoms with Crippen molar-refractivity contribution in [2.24, 2.45) is 0 Å². The standard InChI is InChI=1S/C15H11BrN2/c16-11-6-4-10(5-7-11)12-8-9-18-15-13(12)2-1-3-14(15)17/h1-9H,17H2. The maximum absolute atomic E-state index is 5.96. The average Bonchev–Trinajstić information content (AvgIpc) is 2.40. The normalized spacial score (nSPS) is 10.7. The fourth-order valence-electron chi connectivity index (χ4n) is 2.08. The fourth-order valence-corrected chi connectivity index (χ4v) is 2.34. The van der Waals surface area contributed by atoms with Crippen LogP contribution in [0.1, 0.15) is 0 Å². The molecule has 0 atom stereocenters. The number of pyridine rings is 1. The van der Waals surface area contributed by atoms with Gasteiger partial charge in [-0.1, -0.05) is 40.2 Å². The number of anilines is 1. The molecule has 2 aromatic carbocycles. The Labute approximate surface area is 114 Å². The number of hydrogen-bond acceptors (Lipinski definition) is 2. The zero-order valence-corrected chi connectivity index (χ0v) is 11.2. The van der Waals surface area contributed by atoms with Crippen LogP contribution >= 0.6 is 15.9 Å². The van der Waals surface area contributed by atoms with Crippen molar-refractivity contribution in [1.29, 1.82) is 0 Å². The molecule has 2 nitrogen and oxygen atoms in total. The fraction of sp³-hybridized carbons (Fsp3) is 0. The first-order valence-corrected chi connectivity index (χ1v) is 6.44. The van der Waals surface area contributed by atoms with Gasteiger partial charge in [-0.15, -0.1) is 0 Å². The van der Waals surface area contributed by atoms with Crippen LogP contribution in [0, 0.1) is 0 Å².